The maximum Gasteiger partial charge on any atom is 0.118 e. The average Bonchev–Trinajstić information content (AvgIpc) is 2.85. The molecule has 3 heteroatoms. The summed E-state index contributed by atoms with van der Waals surface area (Å²) in [6, 6.07) is 4.71. The summed E-state index contributed by atoms with van der Waals surface area (Å²) in [6.07, 6.45) is 0. The summed E-state index contributed by atoms with van der Waals surface area (Å²) in [4.78, 5) is 2.49. The van der Waals surface area contributed by atoms with Crippen molar-refractivity contribution >= 4 is 0 Å². The summed E-state index contributed by atoms with van der Waals surface area (Å²) < 4.78 is 5.86. The van der Waals surface area contributed by atoms with Gasteiger partial charge in [0.2, 0.25) is 0 Å². The van der Waals surface area contributed by atoms with Crippen LogP contribution in [0.3, 0.4) is 0 Å². The zero-order chi connectivity index (χ0) is 13.1. The molecule has 1 saturated heterocycles. The van der Waals surface area contributed by atoms with Crippen LogP contribution in [0.1, 0.15) is 39.2 Å². The minimum atomic E-state index is 0.499. The van der Waals surface area contributed by atoms with Gasteiger partial charge in [0.05, 0.1) is 13.1 Å². The maximum atomic E-state index is 5.86. The van der Waals surface area contributed by atoms with Gasteiger partial charge in [0, 0.05) is 19.1 Å². The third-order valence-electron chi connectivity index (χ3n) is 3.85. The molecule has 1 aliphatic heterocycles. The third-order valence-corrected chi connectivity index (χ3v) is 3.85. The molecule has 2 unspecified atom stereocenters. The van der Waals surface area contributed by atoms with Gasteiger partial charge in [0.25, 0.3) is 0 Å². The zero-order valence-electron chi connectivity index (χ0n) is 12.1. The Morgan fingerprint density at radius 2 is 1.83 bits per heavy atom. The molecule has 0 radical (unpaired) electrons. The molecule has 3 nitrogen and oxygen atoms in total. The predicted octanol–water partition coefficient (Wildman–Crippen LogP) is 2.87. The van der Waals surface area contributed by atoms with E-state index >= 15 is 0 Å². The molecule has 1 aliphatic rings. The molecule has 102 valence electrons. The van der Waals surface area contributed by atoms with Crippen LogP contribution in [-0.4, -0.2) is 24.0 Å². The van der Waals surface area contributed by atoms with E-state index in [1.165, 1.54) is 13.1 Å². The highest BCUT2D eigenvalue weighted by molar-refractivity contribution is 5.07. The van der Waals surface area contributed by atoms with Gasteiger partial charge in [-0.3, -0.25) is 4.90 Å². The second kappa shape index (κ2) is 5.89. The van der Waals surface area contributed by atoms with Crippen LogP contribution in [-0.2, 0) is 13.1 Å². The van der Waals surface area contributed by atoms with Crippen molar-refractivity contribution < 1.29 is 4.42 Å². The number of furan rings is 1. The number of likely N-dealkylation sites (tertiary alicyclic amines) is 1. The normalized spacial score (nSPS) is 25.2. The van der Waals surface area contributed by atoms with Crippen LogP contribution in [0.25, 0.3) is 0 Å². The Morgan fingerprint density at radius 1 is 1.22 bits per heavy atom. The zero-order valence-corrected chi connectivity index (χ0v) is 12.1. The Bertz CT molecular complexity index is 362. The summed E-state index contributed by atoms with van der Waals surface area (Å²) in [5.41, 5.74) is 0. The van der Waals surface area contributed by atoms with Crippen molar-refractivity contribution in [2.24, 2.45) is 11.8 Å². The van der Waals surface area contributed by atoms with Crippen LogP contribution in [0.4, 0.5) is 0 Å². The Morgan fingerprint density at radius 3 is 2.44 bits per heavy atom. The lowest BCUT2D eigenvalue weighted by Gasteiger charge is -2.13. The van der Waals surface area contributed by atoms with E-state index in [-0.39, 0.29) is 0 Å². The van der Waals surface area contributed by atoms with E-state index in [0.29, 0.717) is 6.04 Å². The molecular formula is C15H26N2O. The van der Waals surface area contributed by atoms with Crippen molar-refractivity contribution in [2.45, 2.75) is 46.8 Å². The van der Waals surface area contributed by atoms with Gasteiger partial charge in [0.15, 0.2) is 0 Å². The predicted molar refractivity (Wildman–Crippen MR) is 74.3 cm³/mol. The topological polar surface area (TPSA) is 28.4 Å². The molecular weight excluding hydrogens is 224 g/mol. The maximum absolute atomic E-state index is 5.86. The lowest BCUT2D eigenvalue weighted by molar-refractivity contribution is 0.280. The van der Waals surface area contributed by atoms with Crippen molar-refractivity contribution in [1.29, 1.82) is 0 Å². The van der Waals surface area contributed by atoms with Gasteiger partial charge in [0.1, 0.15) is 11.5 Å². The number of nitrogens with zero attached hydrogens (tertiary/aromatic N) is 1. The Kier molecular flexibility index (Phi) is 4.46. The van der Waals surface area contributed by atoms with Crippen molar-refractivity contribution in [3.8, 4) is 0 Å². The van der Waals surface area contributed by atoms with Crippen LogP contribution in [0.5, 0.6) is 0 Å². The van der Waals surface area contributed by atoms with Crippen LogP contribution < -0.4 is 5.32 Å². The van der Waals surface area contributed by atoms with E-state index < -0.39 is 0 Å². The van der Waals surface area contributed by atoms with E-state index in [2.05, 4.69) is 50.0 Å². The standard InChI is InChI=1S/C15H26N2O/c1-11(2)16-7-14-5-6-15(18-14)10-17-8-12(3)13(4)9-17/h5-6,11-13,16H,7-10H2,1-4H3. The molecule has 2 heterocycles. The van der Waals surface area contributed by atoms with Crippen LogP contribution in [0, 0.1) is 11.8 Å². The van der Waals surface area contributed by atoms with Crippen LogP contribution in [0.2, 0.25) is 0 Å². The van der Waals surface area contributed by atoms with Gasteiger partial charge >= 0.3 is 0 Å². The Balaban J connectivity index is 1.83. The van der Waals surface area contributed by atoms with Gasteiger partial charge in [-0.15, -0.1) is 0 Å². The Hall–Kier alpha value is -0.800. The minimum Gasteiger partial charge on any atom is -0.463 e. The molecule has 0 amide bonds. The first kappa shape index (κ1) is 13.6. The summed E-state index contributed by atoms with van der Waals surface area (Å²) >= 11 is 0. The van der Waals surface area contributed by atoms with E-state index in [0.717, 1.165) is 36.4 Å². The molecule has 0 bridgehead atoms. The summed E-state index contributed by atoms with van der Waals surface area (Å²) in [7, 11) is 0. The highest BCUT2D eigenvalue weighted by atomic mass is 16.3. The van der Waals surface area contributed by atoms with Gasteiger partial charge < -0.3 is 9.73 Å². The fraction of sp³-hybridized carbons (Fsp3) is 0.733. The lowest BCUT2D eigenvalue weighted by Crippen LogP contribution is -2.21. The monoisotopic (exact) mass is 250 g/mol. The van der Waals surface area contributed by atoms with Crippen LogP contribution >= 0.6 is 0 Å². The van der Waals surface area contributed by atoms with Crippen molar-refractivity contribution in [3.05, 3.63) is 23.7 Å². The van der Waals surface area contributed by atoms with Gasteiger partial charge in [-0.25, -0.2) is 0 Å². The first-order valence-corrected chi connectivity index (χ1v) is 7.08. The summed E-state index contributed by atoms with van der Waals surface area (Å²) in [5, 5.41) is 3.38. The lowest BCUT2D eigenvalue weighted by atomic mass is 10.0. The van der Waals surface area contributed by atoms with E-state index in [1.807, 2.05) is 0 Å². The minimum absolute atomic E-state index is 0.499. The molecule has 1 fully saturated rings. The number of hydrogen-bond acceptors (Lipinski definition) is 3. The second-order valence-corrected chi connectivity index (χ2v) is 6.05. The quantitative estimate of drug-likeness (QED) is 0.871. The Labute approximate surface area is 111 Å². The molecule has 18 heavy (non-hydrogen) atoms. The molecule has 2 rings (SSSR count). The van der Waals surface area contributed by atoms with Gasteiger partial charge in [-0.05, 0) is 24.0 Å². The van der Waals surface area contributed by atoms with E-state index in [9.17, 15) is 0 Å². The molecule has 1 N–H and O–H groups in total. The molecule has 0 aliphatic carbocycles. The van der Waals surface area contributed by atoms with Crippen molar-refractivity contribution in [2.75, 3.05) is 13.1 Å². The summed E-state index contributed by atoms with van der Waals surface area (Å²) in [5.74, 6) is 3.75. The van der Waals surface area contributed by atoms with E-state index in [4.69, 9.17) is 4.42 Å². The van der Waals surface area contributed by atoms with Gasteiger partial charge in [-0.1, -0.05) is 27.7 Å². The third kappa shape index (κ3) is 3.59. The summed E-state index contributed by atoms with van der Waals surface area (Å²) in [6.45, 7) is 13.1. The number of rotatable bonds is 5. The molecule has 2 atom stereocenters. The largest absolute Gasteiger partial charge is 0.463 e. The highest BCUT2D eigenvalue weighted by Gasteiger charge is 2.26. The average molecular weight is 250 g/mol. The van der Waals surface area contributed by atoms with Crippen LogP contribution in [0.15, 0.2) is 16.5 Å². The highest BCUT2D eigenvalue weighted by Crippen LogP contribution is 2.24. The number of nitrogens with one attached hydrogen (secondary N) is 1. The molecule has 1 aromatic heterocycles. The van der Waals surface area contributed by atoms with Crippen molar-refractivity contribution in [3.63, 3.8) is 0 Å². The first-order valence-electron chi connectivity index (χ1n) is 7.08. The van der Waals surface area contributed by atoms with Gasteiger partial charge in [-0.2, -0.15) is 0 Å². The number of hydrogen-bond donors (Lipinski definition) is 1. The van der Waals surface area contributed by atoms with E-state index in [1.54, 1.807) is 0 Å². The molecule has 0 spiro atoms. The SMILES string of the molecule is CC(C)NCc1ccc(CN2CC(C)C(C)C2)o1. The molecule has 1 aromatic rings. The molecule has 0 aromatic carbocycles. The fourth-order valence-corrected chi connectivity index (χ4v) is 2.51. The second-order valence-electron chi connectivity index (χ2n) is 6.05. The smallest absolute Gasteiger partial charge is 0.118 e. The molecule has 0 saturated carbocycles. The fourth-order valence-electron chi connectivity index (χ4n) is 2.51. The first-order chi connectivity index (χ1) is 8.54. The van der Waals surface area contributed by atoms with Crippen molar-refractivity contribution in [1.82, 2.24) is 10.2 Å².